The van der Waals surface area contributed by atoms with Gasteiger partial charge in [0.05, 0.1) is 6.67 Å². The Labute approximate surface area is 120 Å². The molecule has 2 aromatic rings. The largest absolute Gasteiger partial charge is 0.278 e. The van der Waals surface area contributed by atoms with Gasteiger partial charge < -0.3 is 0 Å². The summed E-state index contributed by atoms with van der Waals surface area (Å²) in [4.78, 5) is 1.56. The van der Waals surface area contributed by atoms with Gasteiger partial charge in [-0.05, 0) is 30.7 Å². The van der Waals surface area contributed by atoms with Crippen molar-refractivity contribution in [1.82, 2.24) is 25.5 Å². The van der Waals surface area contributed by atoms with Crippen molar-refractivity contribution in [3.8, 4) is 5.00 Å². The van der Waals surface area contributed by atoms with Gasteiger partial charge in [-0.2, -0.15) is 0 Å². The number of anilines is 1. The van der Waals surface area contributed by atoms with Crippen LogP contribution in [0, 0.1) is 5.92 Å². The Bertz CT molecular complexity index is 689. The fourth-order valence-corrected chi connectivity index (χ4v) is 4.93. The summed E-state index contributed by atoms with van der Waals surface area (Å²) in [6.07, 6.45) is 5.75. The highest BCUT2D eigenvalue weighted by atomic mass is 32.1. The Morgan fingerprint density at radius 1 is 1.45 bits per heavy atom. The Balaban J connectivity index is 1.78. The van der Waals surface area contributed by atoms with Crippen LogP contribution in [-0.2, 0) is 12.8 Å². The molecule has 2 aliphatic heterocycles. The molecule has 2 aromatic heterocycles. The smallest absolute Gasteiger partial charge is 0.248 e. The fourth-order valence-electron chi connectivity index (χ4n) is 3.59. The maximum atomic E-state index is 4.26. The second-order valence-corrected chi connectivity index (χ2v) is 6.97. The minimum Gasteiger partial charge on any atom is -0.278 e. The van der Waals surface area contributed by atoms with E-state index in [1.54, 1.807) is 10.4 Å². The summed E-state index contributed by atoms with van der Waals surface area (Å²) in [5.74, 6) is 1.67. The molecule has 1 fully saturated rings. The van der Waals surface area contributed by atoms with E-state index in [2.05, 4.69) is 37.4 Å². The van der Waals surface area contributed by atoms with Crippen LogP contribution in [0.2, 0.25) is 0 Å². The monoisotopic (exact) mass is 288 g/mol. The third-order valence-electron chi connectivity index (χ3n) is 4.57. The van der Waals surface area contributed by atoms with Gasteiger partial charge in [0.15, 0.2) is 0 Å². The molecule has 6 nitrogen and oxygen atoms in total. The third-order valence-corrected chi connectivity index (χ3v) is 5.88. The van der Waals surface area contributed by atoms with Crippen LogP contribution in [0.1, 0.15) is 35.5 Å². The molecule has 3 aliphatic rings. The first-order valence-corrected chi connectivity index (χ1v) is 7.95. The van der Waals surface area contributed by atoms with Gasteiger partial charge in [0.25, 0.3) is 0 Å². The summed E-state index contributed by atoms with van der Waals surface area (Å²) in [5.41, 5.74) is 6.36. The van der Waals surface area contributed by atoms with Crippen LogP contribution in [-0.4, -0.2) is 21.4 Å². The third kappa shape index (κ3) is 1.30. The second kappa shape index (κ2) is 3.81. The Morgan fingerprint density at radius 3 is 3.35 bits per heavy atom. The van der Waals surface area contributed by atoms with Gasteiger partial charge in [-0.25, -0.2) is 5.43 Å². The molecule has 7 heteroatoms. The summed E-state index contributed by atoms with van der Waals surface area (Å²) < 4.78 is 2.12. The van der Waals surface area contributed by atoms with Gasteiger partial charge >= 0.3 is 0 Å². The van der Waals surface area contributed by atoms with Crippen LogP contribution in [0.3, 0.4) is 0 Å². The zero-order valence-electron chi connectivity index (χ0n) is 11.3. The standard InChI is InChI=1S/C13H16N6S/c1-7-2-3-9-8(4-7)10-11-14-5-16-19(11)13-17-15-6-18(13)12(10)20-9/h6-7,11,14,16H,2-5H2,1H3/t7-,11?/m0/s1. The molecule has 0 spiro atoms. The quantitative estimate of drug-likeness (QED) is 0.766. The minimum absolute atomic E-state index is 0.201. The molecular formula is C13H16N6S. The fraction of sp³-hybridized carbons (Fsp3) is 0.538. The number of aromatic nitrogens is 3. The van der Waals surface area contributed by atoms with Crippen molar-refractivity contribution in [3.63, 3.8) is 0 Å². The van der Waals surface area contributed by atoms with E-state index in [4.69, 9.17) is 0 Å². The zero-order valence-corrected chi connectivity index (χ0v) is 12.1. The zero-order chi connectivity index (χ0) is 13.3. The number of hydrogen-bond donors (Lipinski definition) is 2. The lowest BCUT2D eigenvalue weighted by Crippen LogP contribution is -2.39. The van der Waals surface area contributed by atoms with E-state index in [0.717, 1.165) is 18.5 Å². The molecule has 2 atom stereocenters. The van der Waals surface area contributed by atoms with Crippen LogP contribution in [0.5, 0.6) is 0 Å². The Hall–Kier alpha value is -1.44. The molecule has 4 heterocycles. The lowest BCUT2D eigenvalue weighted by Gasteiger charge is -2.31. The average molecular weight is 288 g/mol. The summed E-state index contributed by atoms with van der Waals surface area (Å²) in [6, 6.07) is 0. The molecule has 104 valence electrons. The summed E-state index contributed by atoms with van der Waals surface area (Å²) in [6.45, 7) is 3.13. The highest BCUT2D eigenvalue weighted by Crippen LogP contribution is 2.46. The van der Waals surface area contributed by atoms with E-state index in [-0.39, 0.29) is 6.17 Å². The minimum atomic E-state index is 0.201. The molecule has 0 aromatic carbocycles. The Kier molecular flexibility index (Phi) is 2.14. The van der Waals surface area contributed by atoms with E-state index in [9.17, 15) is 0 Å². The van der Waals surface area contributed by atoms with Crippen LogP contribution in [0.4, 0.5) is 5.95 Å². The van der Waals surface area contributed by atoms with E-state index >= 15 is 0 Å². The van der Waals surface area contributed by atoms with Crippen molar-refractivity contribution in [2.75, 3.05) is 11.7 Å². The predicted molar refractivity (Wildman–Crippen MR) is 76.8 cm³/mol. The highest BCUT2D eigenvalue weighted by molar-refractivity contribution is 7.15. The predicted octanol–water partition coefficient (Wildman–Crippen LogP) is 1.34. The van der Waals surface area contributed by atoms with Crippen molar-refractivity contribution in [2.45, 2.75) is 32.4 Å². The maximum absolute atomic E-state index is 4.26. The number of thiophene rings is 1. The second-order valence-electron chi connectivity index (χ2n) is 5.88. The molecule has 0 amide bonds. The van der Waals surface area contributed by atoms with Gasteiger partial charge in [0, 0.05) is 10.4 Å². The lowest BCUT2D eigenvalue weighted by molar-refractivity contribution is 0.495. The summed E-state index contributed by atoms with van der Waals surface area (Å²) in [7, 11) is 0. The maximum Gasteiger partial charge on any atom is 0.248 e. The molecule has 20 heavy (non-hydrogen) atoms. The van der Waals surface area contributed by atoms with Gasteiger partial charge in [-0.15, -0.1) is 21.5 Å². The number of rotatable bonds is 0. The van der Waals surface area contributed by atoms with Crippen LogP contribution < -0.4 is 15.8 Å². The molecule has 0 bridgehead atoms. The molecule has 1 aliphatic carbocycles. The number of fused-ring (bicyclic) bond motifs is 8. The normalized spacial score (nSPS) is 26.9. The van der Waals surface area contributed by atoms with Crippen molar-refractivity contribution in [1.29, 1.82) is 0 Å². The molecule has 1 saturated heterocycles. The van der Waals surface area contributed by atoms with Gasteiger partial charge in [0.2, 0.25) is 5.95 Å². The summed E-state index contributed by atoms with van der Waals surface area (Å²) in [5, 5.41) is 15.3. The van der Waals surface area contributed by atoms with Crippen LogP contribution in [0.25, 0.3) is 5.00 Å². The lowest BCUT2D eigenvalue weighted by atomic mass is 9.87. The van der Waals surface area contributed by atoms with E-state index in [0.29, 0.717) is 0 Å². The molecule has 0 saturated carbocycles. The highest BCUT2D eigenvalue weighted by Gasteiger charge is 2.40. The van der Waals surface area contributed by atoms with Crippen molar-refractivity contribution < 1.29 is 0 Å². The van der Waals surface area contributed by atoms with Gasteiger partial charge in [-0.3, -0.25) is 14.9 Å². The van der Waals surface area contributed by atoms with Gasteiger partial charge in [-0.1, -0.05) is 6.92 Å². The average Bonchev–Trinajstić information content (AvgIpc) is 3.14. The molecule has 0 radical (unpaired) electrons. The Morgan fingerprint density at radius 2 is 2.40 bits per heavy atom. The van der Waals surface area contributed by atoms with Crippen LogP contribution in [0.15, 0.2) is 6.33 Å². The van der Waals surface area contributed by atoms with E-state index in [1.165, 1.54) is 29.8 Å². The number of aryl methyl sites for hydroxylation is 1. The van der Waals surface area contributed by atoms with Gasteiger partial charge in [0.1, 0.15) is 17.5 Å². The van der Waals surface area contributed by atoms with Crippen molar-refractivity contribution >= 4 is 17.3 Å². The first-order chi connectivity index (χ1) is 9.83. The van der Waals surface area contributed by atoms with E-state index < -0.39 is 0 Å². The first-order valence-electron chi connectivity index (χ1n) is 7.14. The number of nitrogens with zero attached hydrogens (tertiary/aromatic N) is 4. The van der Waals surface area contributed by atoms with Crippen LogP contribution >= 0.6 is 11.3 Å². The number of hydrazine groups is 1. The molecular weight excluding hydrogens is 272 g/mol. The molecule has 1 unspecified atom stereocenters. The van der Waals surface area contributed by atoms with E-state index in [1.807, 2.05) is 17.7 Å². The summed E-state index contributed by atoms with van der Waals surface area (Å²) >= 11 is 1.92. The van der Waals surface area contributed by atoms with Crippen molar-refractivity contribution in [2.24, 2.45) is 5.92 Å². The SMILES string of the molecule is C[C@H]1CCc2sc3c(c2C1)C1NCNN1c1nncn1-3. The van der Waals surface area contributed by atoms with Crippen molar-refractivity contribution in [3.05, 3.63) is 22.3 Å². The molecule has 2 N–H and O–H groups in total. The first kappa shape index (κ1) is 11.2. The number of nitrogens with one attached hydrogen (secondary N) is 2. The topological polar surface area (TPSA) is 58.0 Å². The molecule has 5 rings (SSSR count). The number of hydrogen-bond acceptors (Lipinski definition) is 6.